The van der Waals surface area contributed by atoms with Crippen molar-refractivity contribution in [3.8, 4) is 0 Å². The molecule has 0 bridgehead atoms. The van der Waals surface area contributed by atoms with E-state index < -0.39 is 0 Å². The first-order chi connectivity index (χ1) is 6.20. The van der Waals surface area contributed by atoms with Gasteiger partial charge in [-0.25, -0.2) is 0 Å². The summed E-state index contributed by atoms with van der Waals surface area (Å²) >= 11 is 10.7. The van der Waals surface area contributed by atoms with Gasteiger partial charge in [0.1, 0.15) is 0 Å². The molecular weight excluding hydrogens is 272 g/mol. The number of carbonyl (C=O) groups is 1. The zero-order valence-corrected chi connectivity index (χ0v) is 9.54. The monoisotopic (exact) mass is 274 g/mol. The summed E-state index contributed by atoms with van der Waals surface area (Å²) in [5.41, 5.74) is 0.674. The van der Waals surface area contributed by atoms with E-state index in [1.807, 2.05) is 12.1 Å². The van der Waals surface area contributed by atoms with Gasteiger partial charge >= 0.3 is 0 Å². The molecule has 1 aromatic carbocycles. The highest BCUT2D eigenvalue weighted by atomic mass is 79.9. The number of rotatable bonds is 1. The SMILES string of the molecule is O=Cc1cc(Br)cc2sc(Cl)cc12. The summed E-state index contributed by atoms with van der Waals surface area (Å²) in [6.07, 6.45) is 0.843. The summed E-state index contributed by atoms with van der Waals surface area (Å²) in [5.74, 6) is 0. The molecule has 66 valence electrons. The van der Waals surface area contributed by atoms with Gasteiger partial charge in [0.25, 0.3) is 0 Å². The Morgan fingerprint density at radius 3 is 2.85 bits per heavy atom. The molecule has 0 saturated carbocycles. The van der Waals surface area contributed by atoms with Gasteiger partial charge in [0, 0.05) is 20.1 Å². The van der Waals surface area contributed by atoms with Crippen molar-refractivity contribution in [2.24, 2.45) is 0 Å². The van der Waals surface area contributed by atoms with Crippen molar-refractivity contribution < 1.29 is 4.79 Å². The second-order valence-corrected chi connectivity index (χ2v) is 5.21. The van der Waals surface area contributed by atoms with Crippen LogP contribution in [0.3, 0.4) is 0 Å². The summed E-state index contributed by atoms with van der Waals surface area (Å²) in [6, 6.07) is 5.56. The number of halogens is 2. The standard InChI is InChI=1S/C9H4BrClOS/c10-6-1-5(4-12)7-3-9(11)13-8(7)2-6/h1-4H. The van der Waals surface area contributed by atoms with E-state index in [1.54, 1.807) is 6.07 Å². The van der Waals surface area contributed by atoms with Crippen LogP contribution in [0.15, 0.2) is 22.7 Å². The first kappa shape index (κ1) is 9.19. The molecule has 0 fully saturated rings. The van der Waals surface area contributed by atoms with Crippen LogP contribution in [0.1, 0.15) is 10.4 Å². The fraction of sp³-hybridized carbons (Fsp3) is 0. The third-order valence-electron chi connectivity index (χ3n) is 1.73. The van der Waals surface area contributed by atoms with Gasteiger partial charge in [-0.15, -0.1) is 11.3 Å². The fourth-order valence-electron chi connectivity index (χ4n) is 1.20. The summed E-state index contributed by atoms with van der Waals surface area (Å²) in [5, 5.41) is 0.924. The topological polar surface area (TPSA) is 17.1 Å². The van der Waals surface area contributed by atoms with Crippen molar-refractivity contribution in [2.45, 2.75) is 0 Å². The molecule has 0 radical (unpaired) electrons. The molecule has 0 unspecified atom stereocenters. The van der Waals surface area contributed by atoms with Crippen LogP contribution in [0.4, 0.5) is 0 Å². The highest BCUT2D eigenvalue weighted by molar-refractivity contribution is 9.10. The van der Waals surface area contributed by atoms with Crippen LogP contribution in [0, 0.1) is 0 Å². The van der Waals surface area contributed by atoms with Crippen molar-refractivity contribution in [3.63, 3.8) is 0 Å². The summed E-state index contributed by atoms with van der Waals surface area (Å²) in [4.78, 5) is 10.7. The Bertz CT molecular complexity index is 478. The first-order valence-corrected chi connectivity index (χ1v) is 5.53. The Labute approximate surface area is 92.5 Å². The van der Waals surface area contributed by atoms with Gasteiger partial charge in [-0.3, -0.25) is 4.79 Å². The maximum absolute atomic E-state index is 10.7. The zero-order valence-electron chi connectivity index (χ0n) is 6.38. The lowest BCUT2D eigenvalue weighted by atomic mass is 10.1. The first-order valence-electron chi connectivity index (χ1n) is 3.54. The van der Waals surface area contributed by atoms with Gasteiger partial charge in [0.2, 0.25) is 0 Å². The average molecular weight is 276 g/mol. The Morgan fingerprint density at radius 1 is 1.38 bits per heavy atom. The number of carbonyl (C=O) groups excluding carboxylic acids is 1. The average Bonchev–Trinajstić information content (AvgIpc) is 2.43. The molecule has 0 atom stereocenters. The van der Waals surface area contributed by atoms with Gasteiger partial charge in [0.05, 0.1) is 4.34 Å². The molecule has 0 spiro atoms. The lowest BCUT2D eigenvalue weighted by Gasteiger charge is -1.95. The van der Waals surface area contributed by atoms with Gasteiger partial charge < -0.3 is 0 Å². The van der Waals surface area contributed by atoms with E-state index >= 15 is 0 Å². The molecule has 2 aromatic rings. The predicted octanol–water partition coefficient (Wildman–Crippen LogP) is 4.13. The number of benzene rings is 1. The molecule has 0 saturated heterocycles. The van der Waals surface area contributed by atoms with Crippen LogP contribution >= 0.6 is 38.9 Å². The molecule has 1 nitrogen and oxygen atoms in total. The zero-order chi connectivity index (χ0) is 9.42. The fourth-order valence-corrected chi connectivity index (χ4v) is 3.04. The maximum atomic E-state index is 10.7. The number of fused-ring (bicyclic) bond motifs is 1. The number of thiophene rings is 1. The van der Waals surface area contributed by atoms with Crippen LogP contribution in [0.2, 0.25) is 4.34 Å². The second-order valence-electron chi connectivity index (χ2n) is 2.58. The Morgan fingerprint density at radius 2 is 2.15 bits per heavy atom. The van der Waals surface area contributed by atoms with Crippen LogP contribution < -0.4 is 0 Å². The molecule has 0 aliphatic rings. The highest BCUT2D eigenvalue weighted by Gasteiger charge is 2.05. The molecule has 2 rings (SSSR count). The van der Waals surface area contributed by atoms with E-state index in [9.17, 15) is 4.79 Å². The largest absolute Gasteiger partial charge is 0.298 e. The van der Waals surface area contributed by atoms with Crippen molar-refractivity contribution in [2.75, 3.05) is 0 Å². The Balaban J connectivity index is 2.88. The third kappa shape index (κ3) is 1.64. The van der Waals surface area contributed by atoms with Crippen LogP contribution in [0.5, 0.6) is 0 Å². The van der Waals surface area contributed by atoms with Crippen LogP contribution in [0.25, 0.3) is 10.1 Å². The lowest BCUT2D eigenvalue weighted by Crippen LogP contribution is -1.79. The van der Waals surface area contributed by atoms with Gasteiger partial charge in [0.15, 0.2) is 6.29 Å². The van der Waals surface area contributed by atoms with Crippen LogP contribution in [-0.4, -0.2) is 6.29 Å². The molecule has 4 heteroatoms. The van der Waals surface area contributed by atoms with Gasteiger partial charge in [-0.1, -0.05) is 27.5 Å². The van der Waals surface area contributed by atoms with Gasteiger partial charge in [-0.05, 0) is 18.2 Å². The number of aldehydes is 1. The van der Waals surface area contributed by atoms with E-state index in [0.717, 1.165) is 20.8 Å². The summed E-state index contributed by atoms with van der Waals surface area (Å²) in [7, 11) is 0. The van der Waals surface area contributed by atoms with E-state index in [4.69, 9.17) is 11.6 Å². The van der Waals surface area contributed by atoms with Crippen molar-refractivity contribution in [3.05, 3.63) is 32.6 Å². The molecule has 0 aliphatic heterocycles. The Hall–Kier alpha value is -0.380. The smallest absolute Gasteiger partial charge is 0.150 e. The minimum atomic E-state index is 0.674. The van der Waals surface area contributed by atoms with E-state index in [0.29, 0.717) is 9.90 Å². The minimum absolute atomic E-state index is 0.674. The number of hydrogen-bond donors (Lipinski definition) is 0. The molecule has 1 heterocycles. The predicted molar refractivity (Wildman–Crippen MR) is 59.9 cm³/mol. The molecule has 1 aromatic heterocycles. The molecule has 13 heavy (non-hydrogen) atoms. The van der Waals surface area contributed by atoms with E-state index in [-0.39, 0.29) is 0 Å². The van der Waals surface area contributed by atoms with Crippen molar-refractivity contribution >= 4 is 55.2 Å². The van der Waals surface area contributed by atoms with Crippen LogP contribution in [-0.2, 0) is 0 Å². The van der Waals surface area contributed by atoms with Crippen molar-refractivity contribution in [1.82, 2.24) is 0 Å². The normalized spacial score (nSPS) is 10.6. The van der Waals surface area contributed by atoms with Gasteiger partial charge in [-0.2, -0.15) is 0 Å². The third-order valence-corrected chi connectivity index (χ3v) is 3.40. The summed E-state index contributed by atoms with van der Waals surface area (Å²) in [6.45, 7) is 0. The molecule has 0 aliphatic carbocycles. The second kappa shape index (κ2) is 3.40. The molecule has 0 N–H and O–H groups in total. The van der Waals surface area contributed by atoms with E-state index in [1.165, 1.54) is 11.3 Å². The maximum Gasteiger partial charge on any atom is 0.150 e. The number of hydrogen-bond acceptors (Lipinski definition) is 2. The molecular formula is C9H4BrClOS. The quantitative estimate of drug-likeness (QED) is 0.715. The lowest BCUT2D eigenvalue weighted by molar-refractivity contribution is 0.112. The summed E-state index contributed by atoms with van der Waals surface area (Å²) < 4.78 is 2.64. The van der Waals surface area contributed by atoms with Crippen molar-refractivity contribution in [1.29, 1.82) is 0 Å². The Kier molecular flexibility index (Phi) is 2.41. The molecule has 0 amide bonds. The highest BCUT2D eigenvalue weighted by Crippen LogP contribution is 2.33. The van der Waals surface area contributed by atoms with E-state index in [2.05, 4.69) is 15.9 Å². The minimum Gasteiger partial charge on any atom is -0.298 e.